The van der Waals surface area contributed by atoms with E-state index in [1.165, 1.54) is 22.2 Å². The van der Waals surface area contributed by atoms with Crippen LogP contribution in [0, 0.1) is 0 Å². The number of thioether (sulfide) groups is 1. The Labute approximate surface area is 157 Å². The number of aromatic nitrogens is 3. The summed E-state index contributed by atoms with van der Waals surface area (Å²) in [5, 5.41) is 7.08. The molecule has 140 valence electrons. The van der Waals surface area contributed by atoms with Gasteiger partial charge in [-0.25, -0.2) is 9.89 Å². The maximum atomic E-state index is 12.5. The fraction of sp³-hybridized carbons (Fsp3) is 0.500. The third-order valence-electron chi connectivity index (χ3n) is 4.62. The lowest BCUT2D eigenvalue weighted by Crippen LogP contribution is -3.13. The van der Waals surface area contributed by atoms with Crippen molar-refractivity contribution >= 4 is 17.7 Å². The number of benzene rings is 1. The van der Waals surface area contributed by atoms with E-state index in [2.05, 4.69) is 34.5 Å². The number of carbonyl (C=O) groups is 1. The first-order valence-corrected chi connectivity index (χ1v) is 10.1. The standard InChI is InChI=1S/C18H25N5O2S/c1-2-8-23-17(25)19-20-18(23)26-14-16(24)22-11-9-21(10-12-22)13-15-6-4-3-5-7-15/h3-7H,2,8-14H2,1H3,(H,19,25)/p+1. The van der Waals surface area contributed by atoms with Gasteiger partial charge in [-0.15, -0.1) is 5.10 Å². The van der Waals surface area contributed by atoms with E-state index in [9.17, 15) is 9.59 Å². The van der Waals surface area contributed by atoms with Crippen LogP contribution in [-0.2, 0) is 17.9 Å². The van der Waals surface area contributed by atoms with E-state index in [0.29, 0.717) is 17.5 Å². The Kier molecular flexibility index (Phi) is 6.51. The molecule has 0 spiro atoms. The predicted molar refractivity (Wildman–Crippen MR) is 101 cm³/mol. The summed E-state index contributed by atoms with van der Waals surface area (Å²) < 4.78 is 1.60. The quantitative estimate of drug-likeness (QED) is 0.667. The molecule has 1 aromatic heterocycles. The second kappa shape index (κ2) is 9.05. The molecule has 2 heterocycles. The molecule has 0 aliphatic carbocycles. The fourth-order valence-electron chi connectivity index (χ4n) is 3.19. The minimum atomic E-state index is -0.208. The molecule has 7 nitrogen and oxygen atoms in total. The molecule has 1 amide bonds. The van der Waals surface area contributed by atoms with Crippen LogP contribution < -0.4 is 10.6 Å². The molecule has 1 saturated heterocycles. The lowest BCUT2D eigenvalue weighted by atomic mass is 10.2. The van der Waals surface area contributed by atoms with Gasteiger partial charge in [0, 0.05) is 12.1 Å². The van der Waals surface area contributed by atoms with Crippen molar-refractivity contribution in [2.24, 2.45) is 0 Å². The summed E-state index contributed by atoms with van der Waals surface area (Å²) in [7, 11) is 0. The molecule has 0 saturated carbocycles. The average molecular weight is 377 g/mol. The van der Waals surface area contributed by atoms with Gasteiger partial charge in [-0.1, -0.05) is 49.0 Å². The molecule has 1 aromatic carbocycles. The number of hydrogen-bond acceptors (Lipinski definition) is 4. The average Bonchev–Trinajstić information content (AvgIpc) is 3.01. The minimum Gasteiger partial charge on any atom is -0.331 e. The van der Waals surface area contributed by atoms with Crippen molar-refractivity contribution in [3.63, 3.8) is 0 Å². The number of nitrogens with zero attached hydrogens (tertiary/aromatic N) is 3. The summed E-state index contributed by atoms with van der Waals surface area (Å²) in [5.74, 6) is 0.439. The van der Waals surface area contributed by atoms with Gasteiger partial charge in [-0.2, -0.15) is 0 Å². The summed E-state index contributed by atoms with van der Waals surface area (Å²) in [5.41, 5.74) is 1.13. The Morgan fingerprint density at radius 2 is 2.00 bits per heavy atom. The summed E-state index contributed by atoms with van der Waals surface area (Å²) in [6.07, 6.45) is 0.854. The fourth-order valence-corrected chi connectivity index (χ4v) is 4.06. The van der Waals surface area contributed by atoms with Gasteiger partial charge in [0.25, 0.3) is 0 Å². The Hall–Kier alpha value is -2.06. The van der Waals surface area contributed by atoms with Gasteiger partial charge in [-0.05, 0) is 6.42 Å². The van der Waals surface area contributed by atoms with Gasteiger partial charge in [0.15, 0.2) is 5.16 Å². The molecule has 0 atom stereocenters. The van der Waals surface area contributed by atoms with Gasteiger partial charge in [-0.3, -0.25) is 9.36 Å². The first-order valence-electron chi connectivity index (χ1n) is 9.10. The second-order valence-electron chi connectivity index (χ2n) is 6.54. The molecule has 26 heavy (non-hydrogen) atoms. The smallest absolute Gasteiger partial charge is 0.331 e. The van der Waals surface area contributed by atoms with Crippen LogP contribution in [0.2, 0.25) is 0 Å². The molecule has 8 heteroatoms. The highest BCUT2D eigenvalue weighted by molar-refractivity contribution is 7.99. The van der Waals surface area contributed by atoms with E-state index >= 15 is 0 Å². The Bertz CT molecular complexity index is 765. The first-order chi connectivity index (χ1) is 12.7. The summed E-state index contributed by atoms with van der Waals surface area (Å²) >= 11 is 1.34. The maximum Gasteiger partial charge on any atom is 0.343 e. The normalized spacial score (nSPS) is 15.3. The lowest BCUT2D eigenvalue weighted by Gasteiger charge is -2.32. The van der Waals surface area contributed by atoms with Crippen molar-refractivity contribution in [1.82, 2.24) is 19.7 Å². The number of H-pyrrole nitrogens is 1. The Morgan fingerprint density at radius 3 is 2.69 bits per heavy atom. The van der Waals surface area contributed by atoms with E-state index in [0.717, 1.165) is 39.1 Å². The monoisotopic (exact) mass is 376 g/mol. The van der Waals surface area contributed by atoms with E-state index in [-0.39, 0.29) is 11.6 Å². The van der Waals surface area contributed by atoms with Gasteiger partial charge in [0.2, 0.25) is 5.91 Å². The van der Waals surface area contributed by atoms with E-state index in [1.54, 1.807) is 4.57 Å². The van der Waals surface area contributed by atoms with Gasteiger partial charge < -0.3 is 9.80 Å². The van der Waals surface area contributed by atoms with Crippen molar-refractivity contribution in [2.75, 3.05) is 31.9 Å². The molecule has 1 aliphatic rings. The van der Waals surface area contributed by atoms with Gasteiger partial charge in [0.05, 0.1) is 31.9 Å². The van der Waals surface area contributed by atoms with Crippen molar-refractivity contribution in [1.29, 1.82) is 0 Å². The zero-order chi connectivity index (χ0) is 18.4. The molecule has 3 rings (SSSR count). The molecule has 1 fully saturated rings. The Balaban J connectivity index is 1.46. The molecule has 0 bridgehead atoms. The highest BCUT2D eigenvalue weighted by Gasteiger charge is 2.24. The number of carbonyl (C=O) groups excluding carboxylic acids is 1. The predicted octanol–water partition coefficient (Wildman–Crippen LogP) is 0.000800. The van der Waals surface area contributed by atoms with Crippen molar-refractivity contribution in [2.45, 2.75) is 31.6 Å². The van der Waals surface area contributed by atoms with Crippen LogP contribution in [0.15, 0.2) is 40.3 Å². The summed E-state index contributed by atoms with van der Waals surface area (Å²) in [6.45, 7) is 7.13. The molecule has 2 N–H and O–H groups in total. The number of nitrogens with one attached hydrogen (secondary N) is 2. The molecule has 0 radical (unpaired) electrons. The third kappa shape index (κ3) is 4.76. The lowest BCUT2D eigenvalue weighted by molar-refractivity contribution is -0.917. The van der Waals surface area contributed by atoms with Crippen molar-refractivity contribution in [3.05, 3.63) is 46.4 Å². The van der Waals surface area contributed by atoms with Crippen LogP contribution in [0.3, 0.4) is 0 Å². The van der Waals surface area contributed by atoms with Crippen molar-refractivity contribution < 1.29 is 9.69 Å². The van der Waals surface area contributed by atoms with Crippen LogP contribution in [0.1, 0.15) is 18.9 Å². The second-order valence-corrected chi connectivity index (χ2v) is 7.49. The first kappa shape index (κ1) is 18.7. The number of piperazine rings is 1. The number of amides is 1. The van der Waals surface area contributed by atoms with Crippen LogP contribution >= 0.6 is 11.8 Å². The largest absolute Gasteiger partial charge is 0.343 e. The van der Waals surface area contributed by atoms with Gasteiger partial charge >= 0.3 is 5.69 Å². The van der Waals surface area contributed by atoms with Crippen LogP contribution in [0.4, 0.5) is 0 Å². The van der Waals surface area contributed by atoms with E-state index in [1.807, 2.05) is 17.9 Å². The number of quaternary nitrogens is 1. The van der Waals surface area contributed by atoms with Crippen LogP contribution in [0.5, 0.6) is 0 Å². The zero-order valence-corrected chi connectivity index (χ0v) is 15.9. The van der Waals surface area contributed by atoms with Crippen LogP contribution in [0.25, 0.3) is 0 Å². The molecule has 1 aliphatic heterocycles. The third-order valence-corrected chi connectivity index (χ3v) is 5.58. The summed E-state index contributed by atoms with van der Waals surface area (Å²) in [4.78, 5) is 27.6. The number of rotatable bonds is 7. The summed E-state index contributed by atoms with van der Waals surface area (Å²) in [6, 6.07) is 10.5. The SMILES string of the molecule is CCCn1c(SCC(=O)N2CC[NH+](Cc3ccccc3)CC2)n[nH]c1=O. The highest BCUT2D eigenvalue weighted by atomic mass is 32.2. The number of aromatic amines is 1. The Morgan fingerprint density at radius 1 is 1.27 bits per heavy atom. The molecule has 0 unspecified atom stereocenters. The highest BCUT2D eigenvalue weighted by Crippen LogP contribution is 2.14. The molecule has 2 aromatic rings. The molecular weight excluding hydrogens is 350 g/mol. The van der Waals surface area contributed by atoms with Crippen LogP contribution in [-0.4, -0.2) is 57.5 Å². The van der Waals surface area contributed by atoms with E-state index in [4.69, 9.17) is 0 Å². The molecular formula is C18H26N5O2S+. The van der Waals surface area contributed by atoms with Crippen molar-refractivity contribution in [3.8, 4) is 0 Å². The topological polar surface area (TPSA) is 75.4 Å². The van der Waals surface area contributed by atoms with Gasteiger partial charge in [0.1, 0.15) is 6.54 Å². The maximum absolute atomic E-state index is 12.5. The minimum absolute atomic E-state index is 0.118. The number of hydrogen-bond donors (Lipinski definition) is 2. The van der Waals surface area contributed by atoms with E-state index < -0.39 is 0 Å². The zero-order valence-electron chi connectivity index (χ0n) is 15.1.